The Morgan fingerprint density at radius 3 is 2.67 bits per heavy atom. The van der Waals surface area contributed by atoms with Crippen LogP contribution in [0, 0.1) is 0 Å². The Morgan fingerprint density at radius 1 is 1.28 bits per heavy atom. The first-order valence-electron chi connectivity index (χ1n) is 6.29. The molecular formula is C13H20N2O2S. The van der Waals surface area contributed by atoms with Crippen molar-refractivity contribution in [3.63, 3.8) is 0 Å². The topological polar surface area (TPSA) is 63.4 Å². The highest BCUT2D eigenvalue weighted by Crippen LogP contribution is 2.17. The van der Waals surface area contributed by atoms with E-state index in [0.29, 0.717) is 13.1 Å². The van der Waals surface area contributed by atoms with E-state index in [1.165, 1.54) is 5.56 Å². The van der Waals surface area contributed by atoms with Gasteiger partial charge in [0.05, 0.1) is 11.5 Å². The molecule has 0 bridgehead atoms. The minimum absolute atomic E-state index is 0.0638. The van der Waals surface area contributed by atoms with Gasteiger partial charge >= 0.3 is 0 Å². The molecule has 1 atom stereocenters. The van der Waals surface area contributed by atoms with Crippen LogP contribution in [0.25, 0.3) is 0 Å². The van der Waals surface area contributed by atoms with Gasteiger partial charge < -0.3 is 5.73 Å². The highest BCUT2D eigenvalue weighted by molar-refractivity contribution is 7.91. The Labute approximate surface area is 109 Å². The number of hydrogen-bond donors (Lipinski definition) is 1. The number of nitrogens with zero attached hydrogens (tertiary/aromatic N) is 1. The Hall–Kier alpha value is -0.910. The average Bonchev–Trinajstić information content (AvgIpc) is 2.34. The molecule has 1 aromatic rings. The van der Waals surface area contributed by atoms with Crippen LogP contribution in [-0.4, -0.2) is 44.0 Å². The summed E-state index contributed by atoms with van der Waals surface area (Å²) in [6, 6.07) is 10.2. The van der Waals surface area contributed by atoms with E-state index in [1.807, 2.05) is 18.2 Å². The summed E-state index contributed by atoms with van der Waals surface area (Å²) in [4.78, 5) is 2.24. The van der Waals surface area contributed by atoms with Crippen molar-refractivity contribution in [2.75, 3.05) is 24.6 Å². The molecule has 0 radical (unpaired) electrons. The summed E-state index contributed by atoms with van der Waals surface area (Å²) in [6.45, 7) is 1.95. The van der Waals surface area contributed by atoms with Gasteiger partial charge in [0.2, 0.25) is 0 Å². The van der Waals surface area contributed by atoms with E-state index in [0.717, 1.165) is 13.0 Å². The van der Waals surface area contributed by atoms with Crippen molar-refractivity contribution in [2.24, 2.45) is 5.73 Å². The summed E-state index contributed by atoms with van der Waals surface area (Å²) >= 11 is 0. The van der Waals surface area contributed by atoms with E-state index >= 15 is 0 Å². The predicted molar refractivity (Wildman–Crippen MR) is 73.0 cm³/mol. The van der Waals surface area contributed by atoms with Gasteiger partial charge in [-0.05, 0) is 18.5 Å². The molecule has 1 heterocycles. The first-order valence-corrected chi connectivity index (χ1v) is 8.11. The fourth-order valence-corrected chi connectivity index (χ4v) is 4.05. The smallest absolute Gasteiger partial charge is 0.153 e. The Balaban J connectivity index is 2.06. The lowest BCUT2D eigenvalue weighted by Crippen LogP contribution is -2.48. The molecular weight excluding hydrogens is 248 g/mol. The maximum atomic E-state index is 11.7. The largest absolute Gasteiger partial charge is 0.330 e. The second-order valence-electron chi connectivity index (χ2n) is 4.80. The number of hydrogen-bond acceptors (Lipinski definition) is 4. The molecule has 0 amide bonds. The van der Waals surface area contributed by atoms with Crippen LogP contribution in [0.2, 0.25) is 0 Å². The fourth-order valence-electron chi connectivity index (χ4n) is 2.41. The third kappa shape index (κ3) is 3.54. The molecule has 0 spiro atoms. The van der Waals surface area contributed by atoms with E-state index in [4.69, 9.17) is 5.73 Å². The van der Waals surface area contributed by atoms with E-state index < -0.39 is 9.84 Å². The molecule has 0 aliphatic carbocycles. The summed E-state index contributed by atoms with van der Waals surface area (Å²) in [5, 5.41) is 0. The van der Waals surface area contributed by atoms with Gasteiger partial charge in [-0.2, -0.15) is 0 Å². The van der Waals surface area contributed by atoms with Crippen molar-refractivity contribution >= 4 is 9.84 Å². The molecule has 0 aromatic heterocycles. The van der Waals surface area contributed by atoms with Crippen LogP contribution < -0.4 is 5.73 Å². The van der Waals surface area contributed by atoms with Crippen LogP contribution in [0.1, 0.15) is 12.0 Å². The van der Waals surface area contributed by atoms with Crippen LogP contribution in [0.4, 0.5) is 0 Å². The summed E-state index contributed by atoms with van der Waals surface area (Å²) in [6.07, 6.45) is 0.742. The van der Waals surface area contributed by atoms with Crippen molar-refractivity contribution in [1.82, 2.24) is 4.90 Å². The number of sulfone groups is 1. The predicted octanol–water partition coefficient (Wildman–Crippen LogP) is 0.634. The highest BCUT2D eigenvalue weighted by Gasteiger charge is 2.30. The molecule has 2 N–H and O–H groups in total. The number of rotatable bonds is 4. The van der Waals surface area contributed by atoms with E-state index in [-0.39, 0.29) is 17.5 Å². The van der Waals surface area contributed by atoms with Crippen LogP contribution in [0.5, 0.6) is 0 Å². The molecule has 1 saturated heterocycles. The quantitative estimate of drug-likeness (QED) is 0.870. The van der Waals surface area contributed by atoms with Gasteiger partial charge in [0.1, 0.15) is 0 Å². The van der Waals surface area contributed by atoms with Gasteiger partial charge in [-0.25, -0.2) is 8.42 Å². The molecule has 0 saturated carbocycles. The first kappa shape index (κ1) is 13.5. The lowest BCUT2D eigenvalue weighted by atomic mass is 10.1. The highest BCUT2D eigenvalue weighted by atomic mass is 32.2. The second kappa shape index (κ2) is 5.82. The van der Waals surface area contributed by atoms with Gasteiger partial charge in [-0.15, -0.1) is 0 Å². The molecule has 100 valence electrons. The minimum Gasteiger partial charge on any atom is -0.330 e. The Kier molecular flexibility index (Phi) is 4.37. The van der Waals surface area contributed by atoms with Gasteiger partial charge in [-0.3, -0.25) is 4.90 Å². The van der Waals surface area contributed by atoms with E-state index in [1.54, 1.807) is 0 Å². The maximum Gasteiger partial charge on any atom is 0.153 e. The minimum atomic E-state index is -2.88. The van der Waals surface area contributed by atoms with Gasteiger partial charge in [0.15, 0.2) is 9.84 Å². The van der Waals surface area contributed by atoms with Gasteiger partial charge in [0.25, 0.3) is 0 Å². The SMILES string of the molecule is NCCC1CS(=O)(=O)CCN1Cc1ccccc1. The maximum absolute atomic E-state index is 11.7. The lowest BCUT2D eigenvalue weighted by Gasteiger charge is -2.35. The van der Waals surface area contributed by atoms with Crippen molar-refractivity contribution < 1.29 is 8.42 Å². The summed E-state index contributed by atoms with van der Waals surface area (Å²) < 4.78 is 23.3. The standard InChI is InChI=1S/C13H20N2O2S/c14-7-6-13-11-18(16,17)9-8-15(13)10-12-4-2-1-3-5-12/h1-5,13H,6-11,14H2. The monoisotopic (exact) mass is 268 g/mol. The summed E-state index contributed by atoms with van der Waals surface area (Å²) in [5.41, 5.74) is 6.80. The number of benzene rings is 1. The van der Waals surface area contributed by atoms with E-state index in [9.17, 15) is 8.42 Å². The molecule has 1 aliphatic rings. The molecule has 1 aromatic carbocycles. The van der Waals surface area contributed by atoms with Crippen LogP contribution in [-0.2, 0) is 16.4 Å². The normalized spacial score (nSPS) is 23.9. The van der Waals surface area contributed by atoms with E-state index in [2.05, 4.69) is 17.0 Å². The third-order valence-corrected chi connectivity index (χ3v) is 5.08. The zero-order valence-corrected chi connectivity index (χ0v) is 11.3. The molecule has 1 unspecified atom stereocenters. The molecule has 4 nitrogen and oxygen atoms in total. The van der Waals surface area contributed by atoms with Crippen LogP contribution in [0.3, 0.4) is 0 Å². The third-order valence-electron chi connectivity index (χ3n) is 3.38. The lowest BCUT2D eigenvalue weighted by molar-refractivity contribution is 0.197. The molecule has 1 fully saturated rings. The zero-order chi connectivity index (χ0) is 13.0. The zero-order valence-electron chi connectivity index (χ0n) is 10.5. The molecule has 18 heavy (non-hydrogen) atoms. The van der Waals surface area contributed by atoms with Crippen molar-refractivity contribution in [2.45, 2.75) is 19.0 Å². The molecule has 5 heteroatoms. The van der Waals surface area contributed by atoms with Crippen molar-refractivity contribution in [3.8, 4) is 0 Å². The Bertz CT molecular complexity index is 473. The fraction of sp³-hybridized carbons (Fsp3) is 0.538. The average molecular weight is 268 g/mol. The van der Waals surface area contributed by atoms with Crippen molar-refractivity contribution in [1.29, 1.82) is 0 Å². The summed E-state index contributed by atoms with van der Waals surface area (Å²) in [5.74, 6) is 0.512. The van der Waals surface area contributed by atoms with Crippen LogP contribution in [0.15, 0.2) is 30.3 Å². The Morgan fingerprint density at radius 2 is 2.00 bits per heavy atom. The number of nitrogens with two attached hydrogens (primary N) is 1. The second-order valence-corrected chi connectivity index (χ2v) is 7.03. The molecule has 1 aliphatic heterocycles. The first-order chi connectivity index (χ1) is 8.61. The van der Waals surface area contributed by atoms with Crippen LogP contribution >= 0.6 is 0 Å². The molecule has 2 rings (SSSR count). The van der Waals surface area contributed by atoms with Crippen molar-refractivity contribution in [3.05, 3.63) is 35.9 Å². The van der Waals surface area contributed by atoms with Gasteiger partial charge in [-0.1, -0.05) is 30.3 Å². The summed E-state index contributed by atoms with van der Waals surface area (Å²) in [7, 11) is -2.88. The van der Waals surface area contributed by atoms with Gasteiger partial charge in [0, 0.05) is 19.1 Å².